The third-order valence-electron chi connectivity index (χ3n) is 6.34. The standard InChI is InChI=1S/C31H29N2O5P/c1-33-31(34)30-17-16-28(20-29(30)21-32-33)27-14-12-24(13-15-27)18-19-36-39(35,37-22-25-8-4-2-5-9-25)38-23-26-10-6-3-7-11-26/h2-17,20-21H,18-19,22-23H2,1H3. The lowest BCUT2D eigenvalue weighted by Crippen LogP contribution is -2.18. The summed E-state index contributed by atoms with van der Waals surface area (Å²) in [5, 5.41) is 5.55. The molecular weight excluding hydrogens is 511 g/mol. The Bertz CT molecular complexity index is 1590. The minimum absolute atomic E-state index is 0.118. The number of phosphoric acid groups is 1. The number of phosphoric ester groups is 1. The van der Waals surface area contributed by atoms with Gasteiger partial charge in [-0.1, -0.05) is 91.0 Å². The Morgan fingerprint density at radius 2 is 1.31 bits per heavy atom. The summed E-state index contributed by atoms with van der Waals surface area (Å²) in [6.45, 7) is 0.412. The van der Waals surface area contributed by atoms with Crippen molar-refractivity contribution in [3.05, 3.63) is 136 Å². The largest absolute Gasteiger partial charge is 0.475 e. The van der Waals surface area contributed by atoms with Crippen LogP contribution in [-0.4, -0.2) is 16.4 Å². The van der Waals surface area contributed by atoms with E-state index in [0.29, 0.717) is 11.8 Å². The maximum Gasteiger partial charge on any atom is 0.475 e. The molecule has 7 nitrogen and oxygen atoms in total. The molecule has 0 spiro atoms. The third-order valence-corrected chi connectivity index (χ3v) is 7.73. The number of nitrogens with zero attached hydrogens (tertiary/aromatic N) is 2. The van der Waals surface area contributed by atoms with Gasteiger partial charge in [0.2, 0.25) is 0 Å². The predicted octanol–water partition coefficient (Wildman–Crippen LogP) is 6.70. The fourth-order valence-corrected chi connectivity index (χ4v) is 5.28. The monoisotopic (exact) mass is 540 g/mol. The van der Waals surface area contributed by atoms with E-state index in [1.807, 2.05) is 103 Å². The molecule has 0 N–H and O–H groups in total. The highest BCUT2D eigenvalue weighted by Gasteiger charge is 2.27. The second kappa shape index (κ2) is 12.3. The number of hydrogen-bond acceptors (Lipinski definition) is 6. The summed E-state index contributed by atoms with van der Waals surface area (Å²) >= 11 is 0. The van der Waals surface area contributed by atoms with Crippen molar-refractivity contribution in [2.24, 2.45) is 7.05 Å². The Kier molecular flexibility index (Phi) is 8.45. The van der Waals surface area contributed by atoms with Gasteiger partial charge >= 0.3 is 7.82 Å². The highest BCUT2D eigenvalue weighted by atomic mass is 31.2. The van der Waals surface area contributed by atoms with Gasteiger partial charge in [0.25, 0.3) is 5.56 Å². The molecular formula is C31H29N2O5P. The SMILES string of the molecule is Cn1ncc2cc(-c3ccc(CCOP(=O)(OCc4ccccc4)OCc4ccccc4)cc3)ccc2c1=O. The zero-order valence-corrected chi connectivity index (χ0v) is 22.5. The van der Waals surface area contributed by atoms with Crippen molar-refractivity contribution >= 4 is 18.6 Å². The van der Waals surface area contributed by atoms with Crippen molar-refractivity contribution in [1.82, 2.24) is 9.78 Å². The van der Waals surface area contributed by atoms with Crippen LogP contribution in [0.25, 0.3) is 21.9 Å². The van der Waals surface area contributed by atoms with Crippen molar-refractivity contribution in [2.45, 2.75) is 19.6 Å². The van der Waals surface area contributed by atoms with E-state index in [2.05, 4.69) is 5.10 Å². The van der Waals surface area contributed by atoms with Gasteiger partial charge in [0, 0.05) is 12.4 Å². The third kappa shape index (κ3) is 6.96. The van der Waals surface area contributed by atoms with Gasteiger partial charge < -0.3 is 0 Å². The Balaban J connectivity index is 1.22. The summed E-state index contributed by atoms with van der Waals surface area (Å²) in [6, 6.07) is 32.8. The molecule has 8 heteroatoms. The van der Waals surface area contributed by atoms with Gasteiger partial charge in [-0.2, -0.15) is 5.10 Å². The van der Waals surface area contributed by atoms with E-state index in [9.17, 15) is 9.36 Å². The molecule has 5 aromatic rings. The first kappa shape index (κ1) is 26.7. The van der Waals surface area contributed by atoms with Gasteiger partial charge in [-0.25, -0.2) is 9.25 Å². The Hall–Kier alpha value is -3.87. The molecule has 1 heterocycles. The average Bonchev–Trinajstić information content (AvgIpc) is 2.98. The molecule has 0 bridgehead atoms. The van der Waals surface area contributed by atoms with E-state index in [0.717, 1.165) is 33.2 Å². The Morgan fingerprint density at radius 1 is 0.718 bits per heavy atom. The fraction of sp³-hybridized carbons (Fsp3) is 0.161. The number of aryl methyl sites for hydroxylation is 1. The van der Waals surface area contributed by atoms with Crippen LogP contribution < -0.4 is 5.56 Å². The maximum atomic E-state index is 13.4. The molecule has 0 aliphatic carbocycles. The van der Waals surface area contributed by atoms with Crippen molar-refractivity contribution in [3.8, 4) is 11.1 Å². The van der Waals surface area contributed by atoms with E-state index in [4.69, 9.17) is 13.6 Å². The van der Waals surface area contributed by atoms with Crippen LogP contribution in [0.5, 0.6) is 0 Å². The number of fused-ring (bicyclic) bond motifs is 1. The molecule has 0 unspecified atom stereocenters. The van der Waals surface area contributed by atoms with Crippen LogP contribution in [0.4, 0.5) is 0 Å². The van der Waals surface area contributed by atoms with Crippen LogP contribution in [-0.2, 0) is 44.8 Å². The van der Waals surface area contributed by atoms with Gasteiger partial charge in [-0.05, 0) is 46.4 Å². The van der Waals surface area contributed by atoms with Crippen LogP contribution in [0, 0.1) is 0 Å². The molecule has 198 valence electrons. The summed E-state index contributed by atoms with van der Waals surface area (Å²) in [5.41, 5.74) is 4.67. The van der Waals surface area contributed by atoms with Gasteiger partial charge in [0.1, 0.15) is 0 Å². The summed E-state index contributed by atoms with van der Waals surface area (Å²) in [4.78, 5) is 12.3. The number of benzene rings is 4. The number of aromatic nitrogens is 2. The zero-order chi connectivity index (χ0) is 27.1. The minimum atomic E-state index is -3.81. The molecule has 0 saturated carbocycles. The topological polar surface area (TPSA) is 79.7 Å². The molecule has 4 aromatic carbocycles. The quantitative estimate of drug-likeness (QED) is 0.174. The van der Waals surface area contributed by atoms with Gasteiger partial charge in [0.15, 0.2) is 0 Å². The minimum Gasteiger partial charge on any atom is -0.287 e. The number of rotatable bonds is 11. The predicted molar refractivity (Wildman–Crippen MR) is 152 cm³/mol. The molecule has 0 aliphatic heterocycles. The highest BCUT2D eigenvalue weighted by molar-refractivity contribution is 7.48. The molecule has 39 heavy (non-hydrogen) atoms. The molecule has 1 aromatic heterocycles. The summed E-state index contributed by atoms with van der Waals surface area (Å²) in [7, 11) is -2.17. The van der Waals surface area contributed by atoms with Crippen LogP contribution in [0.3, 0.4) is 0 Å². The molecule has 0 fully saturated rings. The lowest BCUT2D eigenvalue weighted by molar-refractivity contribution is 0.104. The van der Waals surface area contributed by atoms with Crippen LogP contribution in [0.1, 0.15) is 16.7 Å². The van der Waals surface area contributed by atoms with Gasteiger partial charge in [0.05, 0.1) is 31.4 Å². The first-order valence-corrected chi connectivity index (χ1v) is 14.1. The van der Waals surface area contributed by atoms with E-state index < -0.39 is 7.82 Å². The first-order valence-electron chi connectivity index (χ1n) is 12.7. The van der Waals surface area contributed by atoms with Gasteiger partial charge in [-0.15, -0.1) is 0 Å². The van der Waals surface area contributed by atoms with E-state index in [1.54, 1.807) is 13.2 Å². The average molecular weight is 541 g/mol. The van der Waals surface area contributed by atoms with Crippen LogP contribution in [0.15, 0.2) is 114 Å². The fourth-order valence-electron chi connectivity index (χ4n) is 4.13. The van der Waals surface area contributed by atoms with E-state index >= 15 is 0 Å². The van der Waals surface area contributed by atoms with Crippen molar-refractivity contribution in [1.29, 1.82) is 0 Å². The van der Waals surface area contributed by atoms with Crippen LogP contribution >= 0.6 is 7.82 Å². The highest BCUT2D eigenvalue weighted by Crippen LogP contribution is 2.51. The number of hydrogen-bond donors (Lipinski definition) is 0. The van der Waals surface area contributed by atoms with E-state index in [1.165, 1.54) is 4.68 Å². The molecule has 0 aliphatic rings. The molecule has 5 rings (SSSR count). The second-order valence-corrected chi connectivity index (χ2v) is 10.8. The first-order chi connectivity index (χ1) is 19.0. The molecule has 0 atom stereocenters. The van der Waals surface area contributed by atoms with Gasteiger partial charge in [-0.3, -0.25) is 18.4 Å². The lowest BCUT2D eigenvalue weighted by Gasteiger charge is -2.18. The normalized spacial score (nSPS) is 11.6. The Morgan fingerprint density at radius 3 is 1.92 bits per heavy atom. The second-order valence-electron chi connectivity index (χ2n) is 9.12. The van der Waals surface area contributed by atoms with Crippen molar-refractivity contribution < 1.29 is 18.1 Å². The van der Waals surface area contributed by atoms with Crippen LogP contribution in [0.2, 0.25) is 0 Å². The maximum absolute atomic E-state index is 13.4. The molecule has 0 radical (unpaired) electrons. The smallest absolute Gasteiger partial charge is 0.287 e. The Labute approximate surface area is 227 Å². The molecule has 0 amide bonds. The lowest BCUT2D eigenvalue weighted by atomic mass is 10.0. The summed E-state index contributed by atoms with van der Waals surface area (Å²) in [6.07, 6.45) is 2.23. The summed E-state index contributed by atoms with van der Waals surface area (Å²) in [5.74, 6) is 0. The van der Waals surface area contributed by atoms with E-state index in [-0.39, 0.29) is 25.4 Å². The van der Waals surface area contributed by atoms with Crippen molar-refractivity contribution in [3.63, 3.8) is 0 Å². The molecule has 0 saturated heterocycles. The zero-order valence-electron chi connectivity index (χ0n) is 21.6. The van der Waals surface area contributed by atoms with Crippen molar-refractivity contribution in [2.75, 3.05) is 6.61 Å². The summed E-state index contributed by atoms with van der Waals surface area (Å²) < 4.78 is 31.9.